The maximum atomic E-state index is 14.5. The molecule has 3 aromatic rings. The minimum absolute atomic E-state index is 0.00461. The fourth-order valence-electron chi connectivity index (χ4n) is 4.47. The van der Waals surface area contributed by atoms with Gasteiger partial charge in [-0.2, -0.15) is 0 Å². The average Bonchev–Trinajstić information content (AvgIpc) is 3.07. The summed E-state index contributed by atoms with van der Waals surface area (Å²) in [5, 5.41) is 0. The van der Waals surface area contributed by atoms with Crippen LogP contribution in [0.1, 0.15) is 44.6 Å². The van der Waals surface area contributed by atoms with E-state index in [0.717, 1.165) is 22.6 Å². The molecule has 0 radical (unpaired) electrons. The van der Waals surface area contributed by atoms with E-state index in [4.69, 9.17) is 0 Å². The molecule has 0 saturated carbocycles. The van der Waals surface area contributed by atoms with Crippen molar-refractivity contribution in [3.63, 3.8) is 0 Å². The largest absolute Gasteiger partial charge is 0.366 e. The molecule has 1 aliphatic heterocycles. The summed E-state index contributed by atoms with van der Waals surface area (Å²) in [7, 11) is 0. The summed E-state index contributed by atoms with van der Waals surface area (Å²) in [5.41, 5.74) is 5.72. The molecule has 4 rings (SSSR count). The van der Waals surface area contributed by atoms with Crippen LogP contribution < -0.4 is 4.90 Å². The number of aryl methyl sites for hydroxylation is 2. The molecular formula is C26H28FN3O2. The van der Waals surface area contributed by atoms with Crippen molar-refractivity contribution in [1.82, 2.24) is 9.47 Å². The number of para-hydroxylation sites is 1. The number of carbonyl (C=O) groups excluding carboxylic acids is 2. The molecule has 32 heavy (non-hydrogen) atoms. The Morgan fingerprint density at radius 2 is 1.56 bits per heavy atom. The molecule has 6 heteroatoms. The van der Waals surface area contributed by atoms with E-state index in [0.29, 0.717) is 43.0 Å². The summed E-state index contributed by atoms with van der Waals surface area (Å²) in [6.45, 7) is 9.60. The first-order valence-electron chi connectivity index (χ1n) is 10.9. The van der Waals surface area contributed by atoms with Crippen molar-refractivity contribution in [2.75, 3.05) is 31.1 Å². The van der Waals surface area contributed by atoms with Crippen LogP contribution in [0.3, 0.4) is 0 Å². The summed E-state index contributed by atoms with van der Waals surface area (Å²) in [6, 6.07) is 14.7. The van der Waals surface area contributed by atoms with Gasteiger partial charge in [-0.05, 0) is 63.6 Å². The first-order chi connectivity index (χ1) is 15.3. The van der Waals surface area contributed by atoms with Crippen LogP contribution in [0.2, 0.25) is 0 Å². The number of hydrogen-bond acceptors (Lipinski definition) is 3. The Balaban J connectivity index is 1.51. The van der Waals surface area contributed by atoms with Crippen molar-refractivity contribution < 1.29 is 14.0 Å². The van der Waals surface area contributed by atoms with Crippen molar-refractivity contribution in [2.45, 2.75) is 27.7 Å². The maximum Gasteiger partial charge on any atom is 0.255 e. The van der Waals surface area contributed by atoms with E-state index in [1.807, 2.05) is 41.8 Å². The van der Waals surface area contributed by atoms with Crippen LogP contribution in [0.5, 0.6) is 0 Å². The minimum Gasteiger partial charge on any atom is -0.366 e. The lowest BCUT2D eigenvalue weighted by Gasteiger charge is -2.36. The quantitative estimate of drug-likeness (QED) is 0.560. The number of rotatable bonds is 4. The number of halogens is 1. The fraction of sp³-hybridized carbons (Fsp3) is 0.308. The number of aromatic nitrogens is 1. The molecule has 1 fully saturated rings. The molecular weight excluding hydrogens is 405 g/mol. The summed E-state index contributed by atoms with van der Waals surface area (Å²) in [6.07, 6.45) is 0. The van der Waals surface area contributed by atoms with Crippen LogP contribution in [0.4, 0.5) is 10.1 Å². The Labute approximate surface area is 188 Å². The highest BCUT2D eigenvalue weighted by atomic mass is 19.1. The van der Waals surface area contributed by atoms with Crippen LogP contribution in [-0.2, 0) is 0 Å². The molecule has 0 aliphatic carbocycles. The number of carbonyl (C=O) groups is 2. The standard InChI is InChI=1S/C26H28FN3O2/c1-17-7-5-6-8-24(17)30-18(2)15-22(19(30)3)26(32)29-13-11-28(12-14-29)25-10-9-21(20(4)31)16-23(25)27/h5-10,15-16H,11-14H2,1-4H3. The minimum atomic E-state index is -0.403. The van der Waals surface area contributed by atoms with Gasteiger partial charge in [0.25, 0.3) is 5.91 Å². The Bertz CT molecular complexity index is 1190. The van der Waals surface area contributed by atoms with E-state index in [1.165, 1.54) is 13.0 Å². The summed E-state index contributed by atoms with van der Waals surface area (Å²) in [4.78, 5) is 28.6. The zero-order valence-electron chi connectivity index (χ0n) is 19.0. The molecule has 0 atom stereocenters. The number of amides is 1. The number of nitrogens with zero attached hydrogens (tertiary/aromatic N) is 3. The van der Waals surface area contributed by atoms with Crippen molar-refractivity contribution in [1.29, 1.82) is 0 Å². The Morgan fingerprint density at radius 1 is 0.875 bits per heavy atom. The number of benzene rings is 2. The Morgan fingerprint density at radius 3 is 2.19 bits per heavy atom. The molecule has 2 heterocycles. The predicted molar refractivity (Wildman–Crippen MR) is 125 cm³/mol. The van der Waals surface area contributed by atoms with Gasteiger partial charge in [0, 0.05) is 48.8 Å². The zero-order valence-corrected chi connectivity index (χ0v) is 19.0. The van der Waals surface area contributed by atoms with Gasteiger partial charge < -0.3 is 14.4 Å². The Kier molecular flexibility index (Phi) is 5.87. The molecule has 5 nitrogen and oxygen atoms in total. The van der Waals surface area contributed by atoms with Crippen LogP contribution in [0, 0.1) is 26.6 Å². The lowest BCUT2D eigenvalue weighted by molar-refractivity contribution is 0.0745. The third-order valence-electron chi connectivity index (χ3n) is 6.28. The normalized spacial score (nSPS) is 14.0. The van der Waals surface area contributed by atoms with E-state index in [1.54, 1.807) is 12.1 Å². The van der Waals surface area contributed by atoms with E-state index in [9.17, 15) is 14.0 Å². The molecule has 1 aliphatic rings. The van der Waals surface area contributed by atoms with Gasteiger partial charge in [0.05, 0.1) is 11.3 Å². The van der Waals surface area contributed by atoms with E-state index >= 15 is 0 Å². The first-order valence-corrected chi connectivity index (χ1v) is 10.9. The van der Waals surface area contributed by atoms with Crippen molar-refractivity contribution >= 4 is 17.4 Å². The van der Waals surface area contributed by atoms with Gasteiger partial charge in [0.1, 0.15) is 5.82 Å². The predicted octanol–water partition coefficient (Wildman–Crippen LogP) is 4.71. The van der Waals surface area contributed by atoms with Crippen LogP contribution in [0.25, 0.3) is 5.69 Å². The molecule has 1 aromatic heterocycles. The van der Waals surface area contributed by atoms with Crippen molar-refractivity contribution in [3.8, 4) is 5.69 Å². The molecule has 0 N–H and O–H groups in total. The highest BCUT2D eigenvalue weighted by Crippen LogP contribution is 2.26. The molecule has 166 valence electrons. The molecule has 0 bridgehead atoms. The summed E-state index contributed by atoms with van der Waals surface area (Å²) >= 11 is 0. The lowest BCUT2D eigenvalue weighted by atomic mass is 10.1. The van der Waals surface area contributed by atoms with Gasteiger partial charge in [0.15, 0.2) is 5.78 Å². The van der Waals surface area contributed by atoms with Crippen LogP contribution in [-0.4, -0.2) is 47.3 Å². The zero-order chi connectivity index (χ0) is 23.0. The van der Waals surface area contributed by atoms with Crippen molar-refractivity contribution in [2.24, 2.45) is 0 Å². The molecule has 0 unspecified atom stereocenters. The monoisotopic (exact) mass is 433 g/mol. The van der Waals surface area contributed by atoms with E-state index in [-0.39, 0.29) is 11.7 Å². The number of Topliss-reactive ketones (excluding diaryl/α,β-unsaturated/α-hetero) is 1. The molecule has 1 saturated heterocycles. The summed E-state index contributed by atoms with van der Waals surface area (Å²) in [5.74, 6) is -0.557. The van der Waals surface area contributed by atoms with E-state index in [2.05, 4.69) is 23.6 Å². The SMILES string of the molecule is CC(=O)c1ccc(N2CCN(C(=O)c3cc(C)n(-c4ccccc4C)c3C)CC2)c(F)c1. The van der Waals surface area contributed by atoms with Gasteiger partial charge in [-0.3, -0.25) is 9.59 Å². The summed E-state index contributed by atoms with van der Waals surface area (Å²) < 4.78 is 16.7. The van der Waals surface area contributed by atoms with Gasteiger partial charge in [-0.25, -0.2) is 4.39 Å². The first kappa shape index (κ1) is 21.8. The second kappa shape index (κ2) is 8.61. The Hall–Kier alpha value is -3.41. The number of piperazine rings is 1. The average molecular weight is 434 g/mol. The van der Waals surface area contributed by atoms with Crippen molar-refractivity contribution in [3.05, 3.63) is 82.4 Å². The number of anilines is 1. The second-order valence-corrected chi connectivity index (χ2v) is 8.41. The highest BCUT2D eigenvalue weighted by molar-refractivity contribution is 5.96. The van der Waals surface area contributed by atoms with Crippen LogP contribution >= 0.6 is 0 Å². The third-order valence-corrected chi connectivity index (χ3v) is 6.28. The number of ketones is 1. The van der Waals surface area contributed by atoms with Gasteiger partial charge in [0.2, 0.25) is 0 Å². The number of hydrogen-bond donors (Lipinski definition) is 0. The smallest absolute Gasteiger partial charge is 0.255 e. The van der Waals surface area contributed by atoms with Gasteiger partial charge >= 0.3 is 0 Å². The molecule has 2 aromatic carbocycles. The highest BCUT2D eigenvalue weighted by Gasteiger charge is 2.27. The second-order valence-electron chi connectivity index (χ2n) is 8.41. The lowest BCUT2D eigenvalue weighted by Crippen LogP contribution is -2.49. The maximum absolute atomic E-state index is 14.5. The van der Waals surface area contributed by atoms with E-state index < -0.39 is 5.82 Å². The van der Waals surface area contributed by atoms with Gasteiger partial charge in [-0.15, -0.1) is 0 Å². The molecule has 1 amide bonds. The third kappa shape index (κ3) is 3.93. The van der Waals surface area contributed by atoms with Gasteiger partial charge in [-0.1, -0.05) is 18.2 Å². The fourth-order valence-corrected chi connectivity index (χ4v) is 4.47. The topological polar surface area (TPSA) is 45.6 Å². The molecule has 0 spiro atoms. The van der Waals surface area contributed by atoms with Crippen LogP contribution in [0.15, 0.2) is 48.5 Å².